The molecule has 2 atom stereocenters. The van der Waals surface area contributed by atoms with Crippen LogP contribution in [0, 0.1) is 11.7 Å². The highest BCUT2D eigenvalue weighted by atomic mass is 19.1. The molecule has 1 aliphatic rings. The molecule has 1 aliphatic heterocycles. The monoisotopic (exact) mass is 440 g/mol. The van der Waals surface area contributed by atoms with Crippen LogP contribution in [0.4, 0.5) is 4.39 Å². The van der Waals surface area contributed by atoms with E-state index in [4.69, 9.17) is 4.74 Å². The van der Waals surface area contributed by atoms with Crippen LogP contribution >= 0.6 is 0 Å². The maximum absolute atomic E-state index is 14.1. The van der Waals surface area contributed by atoms with Crippen LogP contribution in [0.1, 0.15) is 63.8 Å². The Hall–Kier alpha value is -2.89. The van der Waals surface area contributed by atoms with Gasteiger partial charge in [-0.05, 0) is 74.1 Å². The van der Waals surface area contributed by atoms with Gasteiger partial charge in [0, 0.05) is 19.0 Å². The first-order valence-electron chi connectivity index (χ1n) is 11.3. The van der Waals surface area contributed by atoms with Crippen LogP contribution in [-0.4, -0.2) is 35.4 Å². The molecule has 0 bridgehead atoms. The van der Waals surface area contributed by atoms with E-state index in [0.717, 1.165) is 16.7 Å². The van der Waals surface area contributed by atoms with Gasteiger partial charge in [0.25, 0.3) is 5.91 Å². The summed E-state index contributed by atoms with van der Waals surface area (Å²) in [4.78, 5) is 27.2. The summed E-state index contributed by atoms with van der Waals surface area (Å²) in [5.41, 5.74) is 2.73. The summed E-state index contributed by atoms with van der Waals surface area (Å²) >= 11 is 0. The van der Waals surface area contributed by atoms with E-state index in [-0.39, 0.29) is 29.6 Å². The van der Waals surface area contributed by atoms with Crippen LogP contribution in [0.15, 0.2) is 42.5 Å². The fraction of sp³-hybridized carbons (Fsp3) is 0.462. The van der Waals surface area contributed by atoms with Crippen LogP contribution in [0.25, 0.3) is 0 Å². The van der Waals surface area contributed by atoms with Gasteiger partial charge in [0.15, 0.2) is 6.10 Å². The highest BCUT2D eigenvalue weighted by molar-refractivity contribution is 5.81. The van der Waals surface area contributed by atoms with Crippen LogP contribution in [0.3, 0.4) is 0 Å². The third-order valence-corrected chi connectivity index (χ3v) is 5.53. The van der Waals surface area contributed by atoms with Crippen molar-refractivity contribution >= 4 is 11.8 Å². The predicted molar refractivity (Wildman–Crippen MR) is 123 cm³/mol. The van der Waals surface area contributed by atoms with E-state index in [2.05, 4.69) is 5.32 Å². The van der Waals surface area contributed by atoms with Crippen LogP contribution < -0.4 is 10.1 Å². The first-order valence-corrected chi connectivity index (χ1v) is 11.3. The molecule has 1 heterocycles. The molecular weight excluding hydrogens is 407 g/mol. The Morgan fingerprint density at radius 3 is 2.53 bits per heavy atom. The summed E-state index contributed by atoms with van der Waals surface area (Å²) < 4.78 is 20.0. The third kappa shape index (κ3) is 5.67. The summed E-state index contributed by atoms with van der Waals surface area (Å²) in [7, 11) is 0. The highest BCUT2D eigenvalue weighted by Gasteiger charge is 2.33. The molecular formula is C26H33FN2O3. The molecule has 6 heteroatoms. The molecule has 2 unspecified atom stereocenters. The van der Waals surface area contributed by atoms with Crippen molar-refractivity contribution in [2.45, 2.75) is 65.6 Å². The second-order valence-electron chi connectivity index (χ2n) is 9.18. The maximum Gasteiger partial charge on any atom is 0.260 e. The van der Waals surface area contributed by atoms with E-state index in [1.165, 1.54) is 12.1 Å². The quantitative estimate of drug-likeness (QED) is 0.683. The number of carbonyl (C=O) groups excluding carboxylic acids is 2. The molecule has 0 saturated heterocycles. The Bertz CT molecular complexity index is 973. The van der Waals surface area contributed by atoms with E-state index in [0.29, 0.717) is 25.1 Å². The molecule has 0 saturated carbocycles. The van der Waals surface area contributed by atoms with Gasteiger partial charge in [-0.2, -0.15) is 0 Å². The minimum atomic E-state index is -0.662. The van der Waals surface area contributed by atoms with Crippen molar-refractivity contribution in [2.24, 2.45) is 5.92 Å². The van der Waals surface area contributed by atoms with Crippen LogP contribution in [0.2, 0.25) is 0 Å². The smallest absolute Gasteiger partial charge is 0.260 e. The minimum absolute atomic E-state index is 0.0231. The van der Waals surface area contributed by atoms with Crippen LogP contribution in [-0.2, 0) is 16.0 Å². The molecule has 32 heavy (non-hydrogen) atoms. The van der Waals surface area contributed by atoms with Crippen molar-refractivity contribution in [3.63, 3.8) is 0 Å². The number of amides is 2. The summed E-state index contributed by atoms with van der Waals surface area (Å²) in [5.74, 6) is 0.308. The van der Waals surface area contributed by atoms with Crippen molar-refractivity contribution in [1.29, 1.82) is 0 Å². The summed E-state index contributed by atoms with van der Waals surface area (Å²) in [5, 5.41) is 2.85. The number of nitrogens with one attached hydrogen (secondary N) is 1. The van der Waals surface area contributed by atoms with Crippen molar-refractivity contribution in [1.82, 2.24) is 10.2 Å². The number of rotatable bonds is 7. The van der Waals surface area contributed by atoms with Crippen molar-refractivity contribution in [2.75, 3.05) is 6.54 Å². The fourth-order valence-corrected chi connectivity index (χ4v) is 4.10. The SMILES string of the molecule is CC(C)CC(=O)N1CCc2ccc(OC(C)C(=O)NC(C)C)cc2C1c1cccc(F)c1. The lowest BCUT2D eigenvalue weighted by Crippen LogP contribution is -2.41. The number of hydrogen-bond acceptors (Lipinski definition) is 3. The van der Waals surface area contributed by atoms with Crippen molar-refractivity contribution in [3.05, 3.63) is 65.0 Å². The molecule has 1 N–H and O–H groups in total. The second kappa shape index (κ2) is 10.2. The van der Waals surface area contributed by atoms with Crippen molar-refractivity contribution < 1.29 is 18.7 Å². The first kappa shape index (κ1) is 23.8. The number of hydrogen-bond donors (Lipinski definition) is 1. The van der Waals surface area contributed by atoms with Gasteiger partial charge < -0.3 is 15.0 Å². The number of benzene rings is 2. The second-order valence-corrected chi connectivity index (χ2v) is 9.18. The van der Waals surface area contributed by atoms with Gasteiger partial charge in [0.1, 0.15) is 11.6 Å². The molecule has 5 nitrogen and oxygen atoms in total. The number of ether oxygens (including phenoxy) is 1. The van der Waals surface area contributed by atoms with Gasteiger partial charge in [-0.15, -0.1) is 0 Å². The summed E-state index contributed by atoms with van der Waals surface area (Å²) in [6.07, 6.45) is 0.489. The van der Waals surface area contributed by atoms with Gasteiger partial charge in [0.05, 0.1) is 6.04 Å². The molecule has 2 aromatic carbocycles. The molecule has 2 aromatic rings. The lowest BCUT2D eigenvalue weighted by Gasteiger charge is -2.38. The first-order chi connectivity index (χ1) is 15.2. The Morgan fingerprint density at radius 1 is 1.12 bits per heavy atom. The normalized spacial score (nSPS) is 16.6. The molecule has 0 aliphatic carbocycles. The zero-order valence-corrected chi connectivity index (χ0v) is 19.5. The molecule has 0 aromatic heterocycles. The lowest BCUT2D eigenvalue weighted by molar-refractivity contribution is -0.134. The molecule has 0 spiro atoms. The standard InChI is InChI=1S/C26H33FN2O3/c1-16(2)13-24(30)29-12-11-19-9-10-22(32-18(5)26(31)28-17(3)4)15-23(19)25(29)20-7-6-8-21(27)14-20/h6-10,14-18,25H,11-13H2,1-5H3,(H,28,31). The zero-order chi connectivity index (χ0) is 23.4. The predicted octanol–water partition coefficient (Wildman–Crippen LogP) is 4.64. The number of fused-ring (bicyclic) bond motifs is 1. The lowest BCUT2D eigenvalue weighted by atomic mass is 9.87. The largest absolute Gasteiger partial charge is 0.481 e. The summed E-state index contributed by atoms with van der Waals surface area (Å²) in [6.45, 7) is 10.1. The number of nitrogens with zero attached hydrogens (tertiary/aromatic N) is 1. The van der Waals surface area contributed by atoms with Gasteiger partial charge >= 0.3 is 0 Å². The third-order valence-electron chi connectivity index (χ3n) is 5.53. The van der Waals surface area contributed by atoms with E-state index < -0.39 is 12.1 Å². The van der Waals surface area contributed by atoms with E-state index in [1.807, 2.05) is 56.9 Å². The average Bonchev–Trinajstić information content (AvgIpc) is 2.71. The van der Waals surface area contributed by atoms with Gasteiger partial charge in [-0.3, -0.25) is 9.59 Å². The summed E-state index contributed by atoms with van der Waals surface area (Å²) in [6, 6.07) is 11.8. The Kier molecular flexibility index (Phi) is 7.54. The highest BCUT2D eigenvalue weighted by Crippen LogP contribution is 2.38. The van der Waals surface area contributed by atoms with E-state index in [1.54, 1.807) is 13.0 Å². The van der Waals surface area contributed by atoms with Gasteiger partial charge in [-0.1, -0.05) is 32.0 Å². The molecule has 172 valence electrons. The average molecular weight is 441 g/mol. The molecule has 0 radical (unpaired) electrons. The van der Waals surface area contributed by atoms with Crippen molar-refractivity contribution in [3.8, 4) is 5.75 Å². The van der Waals surface area contributed by atoms with Crippen LogP contribution in [0.5, 0.6) is 5.75 Å². The maximum atomic E-state index is 14.1. The van der Waals surface area contributed by atoms with Gasteiger partial charge in [0.2, 0.25) is 5.91 Å². The molecule has 3 rings (SSSR count). The molecule has 2 amide bonds. The topological polar surface area (TPSA) is 58.6 Å². The Balaban J connectivity index is 1.97. The van der Waals surface area contributed by atoms with Gasteiger partial charge in [-0.25, -0.2) is 4.39 Å². The number of carbonyl (C=O) groups is 2. The van der Waals surface area contributed by atoms with E-state index >= 15 is 0 Å². The Morgan fingerprint density at radius 2 is 1.88 bits per heavy atom. The molecule has 0 fully saturated rings. The fourth-order valence-electron chi connectivity index (χ4n) is 4.10. The number of halogens is 1. The van der Waals surface area contributed by atoms with E-state index in [9.17, 15) is 14.0 Å². The minimum Gasteiger partial charge on any atom is -0.481 e. The Labute approximate surface area is 190 Å². The zero-order valence-electron chi connectivity index (χ0n) is 19.5.